The molecule has 0 spiro atoms. The number of nitrogens with one attached hydrogen (secondary N) is 2. The van der Waals surface area contributed by atoms with Gasteiger partial charge >= 0.3 is 0 Å². The summed E-state index contributed by atoms with van der Waals surface area (Å²) in [4.78, 5) is 15.3. The van der Waals surface area contributed by atoms with E-state index in [1.165, 1.54) is 11.1 Å². The number of rotatable bonds is 7. The molecule has 5 rings (SSSR count). The van der Waals surface area contributed by atoms with Crippen molar-refractivity contribution in [3.8, 4) is 0 Å². The number of hydrogen-bond donors (Lipinski definition) is 2. The van der Waals surface area contributed by atoms with Gasteiger partial charge < -0.3 is 10.6 Å². The van der Waals surface area contributed by atoms with Gasteiger partial charge in [-0.25, -0.2) is 0 Å². The van der Waals surface area contributed by atoms with Gasteiger partial charge in [0.15, 0.2) is 0 Å². The zero-order valence-corrected chi connectivity index (χ0v) is 20.2. The third kappa shape index (κ3) is 5.29. The van der Waals surface area contributed by atoms with Gasteiger partial charge in [0.25, 0.3) is 5.91 Å². The minimum Gasteiger partial charge on any atom is -0.354 e. The first-order valence-corrected chi connectivity index (χ1v) is 11.9. The number of hydrogen-bond acceptors (Lipinski definition) is 3. The van der Waals surface area contributed by atoms with Crippen LogP contribution in [0.2, 0.25) is 5.02 Å². The lowest BCUT2D eigenvalue weighted by molar-refractivity contribution is -0.110. The molecule has 1 aliphatic heterocycles. The number of anilines is 2. The second-order valence-corrected chi connectivity index (χ2v) is 9.18. The molecule has 0 atom stereocenters. The fourth-order valence-corrected chi connectivity index (χ4v) is 4.55. The van der Waals surface area contributed by atoms with E-state index >= 15 is 0 Å². The van der Waals surface area contributed by atoms with Gasteiger partial charge in [0.05, 0.1) is 17.0 Å². The number of carbonyl (C=O) groups excluding carboxylic acids is 1. The van der Waals surface area contributed by atoms with E-state index in [2.05, 4.69) is 71.1 Å². The fourth-order valence-electron chi connectivity index (χ4n) is 4.38. The number of halogens is 1. The second kappa shape index (κ2) is 10.2. The molecule has 0 radical (unpaired) electrons. The van der Waals surface area contributed by atoms with E-state index in [1.54, 1.807) is 6.07 Å². The highest BCUT2D eigenvalue weighted by Crippen LogP contribution is 2.38. The van der Waals surface area contributed by atoms with Crippen LogP contribution in [0.4, 0.5) is 11.4 Å². The largest absolute Gasteiger partial charge is 0.354 e. The Bertz CT molecular complexity index is 1370. The van der Waals surface area contributed by atoms with Gasteiger partial charge in [-0.3, -0.25) is 9.69 Å². The molecule has 4 aromatic rings. The minimum atomic E-state index is -0.146. The van der Waals surface area contributed by atoms with Crippen LogP contribution < -0.4 is 10.6 Å². The number of carbonyl (C=O) groups is 1. The molecule has 2 N–H and O–H groups in total. The maximum Gasteiger partial charge on any atom is 0.258 e. The summed E-state index contributed by atoms with van der Waals surface area (Å²) in [5, 5.41) is 7.05. The summed E-state index contributed by atoms with van der Waals surface area (Å²) in [6.07, 6.45) is 0. The maximum absolute atomic E-state index is 13.0. The number of benzene rings is 4. The third-order valence-corrected chi connectivity index (χ3v) is 6.24. The van der Waals surface area contributed by atoms with Crippen LogP contribution in [0.3, 0.4) is 0 Å². The molecule has 5 heteroatoms. The van der Waals surface area contributed by atoms with Crippen molar-refractivity contribution >= 4 is 40.2 Å². The van der Waals surface area contributed by atoms with Crippen LogP contribution >= 0.6 is 11.6 Å². The molecule has 0 saturated carbocycles. The van der Waals surface area contributed by atoms with Crippen molar-refractivity contribution in [3.05, 3.63) is 130 Å². The first kappa shape index (κ1) is 22.9. The molecule has 1 heterocycles. The minimum absolute atomic E-state index is 0.146. The van der Waals surface area contributed by atoms with E-state index in [1.807, 2.05) is 48.5 Å². The van der Waals surface area contributed by atoms with Gasteiger partial charge in [0.1, 0.15) is 0 Å². The van der Waals surface area contributed by atoms with Gasteiger partial charge in [-0.05, 0) is 48.0 Å². The lowest BCUT2D eigenvalue weighted by Gasteiger charge is -2.18. The van der Waals surface area contributed by atoms with Crippen LogP contribution in [0.5, 0.6) is 0 Å². The van der Waals surface area contributed by atoms with Crippen LogP contribution in [-0.2, 0) is 17.9 Å². The zero-order chi connectivity index (χ0) is 24.2. The Morgan fingerprint density at radius 3 is 2.14 bits per heavy atom. The molecular formula is C30H26ClN3O. The summed E-state index contributed by atoms with van der Waals surface area (Å²) in [6, 6.07) is 34.2. The summed E-state index contributed by atoms with van der Waals surface area (Å²) >= 11 is 6.15. The number of fused-ring (bicyclic) bond motifs is 1. The van der Waals surface area contributed by atoms with Crippen LogP contribution in [0, 0.1) is 0 Å². The Morgan fingerprint density at radius 1 is 0.829 bits per heavy atom. The van der Waals surface area contributed by atoms with Crippen LogP contribution in [0.25, 0.3) is 11.3 Å². The predicted molar refractivity (Wildman–Crippen MR) is 145 cm³/mol. The highest BCUT2D eigenvalue weighted by atomic mass is 35.5. The molecule has 0 saturated heterocycles. The molecule has 35 heavy (non-hydrogen) atoms. The van der Waals surface area contributed by atoms with Gasteiger partial charge in [0.2, 0.25) is 0 Å². The summed E-state index contributed by atoms with van der Waals surface area (Å²) in [5.74, 6) is -0.146. The number of amides is 1. The van der Waals surface area contributed by atoms with Crippen LogP contribution in [0.15, 0.2) is 103 Å². The van der Waals surface area contributed by atoms with Crippen molar-refractivity contribution in [2.75, 3.05) is 17.7 Å². The smallest absolute Gasteiger partial charge is 0.258 e. The Morgan fingerprint density at radius 2 is 1.46 bits per heavy atom. The summed E-state index contributed by atoms with van der Waals surface area (Å²) in [6.45, 7) is 1.74. The predicted octanol–water partition coefficient (Wildman–Crippen LogP) is 6.90. The van der Waals surface area contributed by atoms with E-state index in [0.717, 1.165) is 41.3 Å². The van der Waals surface area contributed by atoms with E-state index < -0.39 is 0 Å². The second-order valence-electron chi connectivity index (χ2n) is 8.74. The molecule has 0 fully saturated rings. The van der Waals surface area contributed by atoms with Crippen molar-refractivity contribution < 1.29 is 4.79 Å². The SMILES string of the molecule is CN(Cc1ccccc1)Cc1ccc(NC(=C2C(=O)Nc3cc(Cl)ccc32)c2ccccc2)cc1. The lowest BCUT2D eigenvalue weighted by Crippen LogP contribution is -2.17. The zero-order valence-electron chi connectivity index (χ0n) is 19.5. The molecule has 0 aromatic heterocycles. The van der Waals surface area contributed by atoms with E-state index in [0.29, 0.717) is 10.6 Å². The molecule has 1 aliphatic rings. The number of nitrogens with zero attached hydrogens (tertiary/aromatic N) is 1. The first-order valence-electron chi connectivity index (χ1n) is 11.6. The van der Waals surface area contributed by atoms with Crippen molar-refractivity contribution in [3.63, 3.8) is 0 Å². The molecule has 0 aliphatic carbocycles. The average molecular weight is 480 g/mol. The van der Waals surface area contributed by atoms with Gasteiger partial charge in [-0.1, -0.05) is 90.5 Å². The fraction of sp³-hybridized carbons (Fsp3) is 0.100. The van der Waals surface area contributed by atoms with E-state index in [4.69, 9.17) is 11.6 Å². The third-order valence-electron chi connectivity index (χ3n) is 6.01. The first-order chi connectivity index (χ1) is 17.1. The van der Waals surface area contributed by atoms with Crippen molar-refractivity contribution in [2.45, 2.75) is 13.1 Å². The maximum atomic E-state index is 13.0. The Balaban J connectivity index is 1.40. The van der Waals surface area contributed by atoms with E-state index in [9.17, 15) is 4.79 Å². The Hall–Kier alpha value is -3.86. The van der Waals surface area contributed by atoms with Gasteiger partial charge in [-0.15, -0.1) is 0 Å². The molecular weight excluding hydrogens is 454 g/mol. The molecule has 0 unspecified atom stereocenters. The molecule has 4 nitrogen and oxygen atoms in total. The topological polar surface area (TPSA) is 44.4 Å². The highest BCUT2D eigenvalue weighted by molar-refractivity contribution is 6.38. The van der Waals surface area contributed by atoms with Crippen molar-refractivity contribution in [1.82, 2.24) is 4.90 Å². The quantitative estimate of drug-likeness (QED) is 0.283. The normalized spacial score (nSPS) is 14.0. The summed E-state index contributed by atoms with van der Waals surface area (Å²) in [7, 11) is 2.12. The Labute approximate surface area is 210 Å². The standard InChI is InChI=1S/C30H26ClN3O/c1-34(19-21-8-4-2-5-9-21)20-22-12-15-25(16-13-22)32-29(23-10-6-3-7-11-23)28-26-17-14-24(31)18-27(26)33-30(28)35/h2-18,32H,19-20H2,1H3,(H,33,35). The molecule has 4 aromatic carbocycles. The van der Waals surface area contributed by atoms with Crippen LogP contribution in [-0.4, -0.2) is 17.9 Å². The summed E-state index contributed by atoms with van der Waals surface area (Å²) in [5.41, 5.74) is 7.31. The van der Waals surface area contributed by atoms with Gasteiger partial charge in [0, 0.05) is 29.4 Å². The van der Waals surface area contributed by atoms with Crippen molar-refractivity contribution in [2.24, 2.45) is 0 Å². The molecule has 1 amide bonds. The molecule has 174 valence electrons. The lowest BCUT2D eigenvalue weighted by atomic mass is 10.00. The average Bonchev–Trinajstić information content (AvgIpc) is 3.19. The monoisotopic (exact) mass is 479 g/mol. The van der Waals surface area contributed by atoms with Gasteiger partial charge in [-0.2, -0.15) is 0 Å². The van der Waals surface area contributed by atoms with E-state index in [-0.39, 0.29) is 5.91 Å². The van der Waals surface area contributed by atoms with Crippen LogP contribution in [0.1, 0.15) is 22.3 Å². The highest BCUT2D eigenvalue weighted by Gasteiger charge is 2.28. The summed E-state index contributed by atoms with van der Waals surface area (Å²) < 4.78 is 0. The molecule has 0 bridgehead atoms. The Kier molecular flexibility index (Phi) is 6.66. The van der Waals surface area contributed by atoms with Crippen molar-refractivity contribution in [1.29, 1.82) is 0 Å².